The highest BCUT2D eigenvalue weighted by Crippen LogP contribution is 2.28. The Labute approximate surface area is 176 Å². The number of halogens is 2. The van der Waals surface area contributed by atoms with Crippen molar-refractivity contribution in [1.29, 1.82) is 0 Å². The zero-order valence-corrected chi connectivity index (χ0v) is 18.3. The van der Waals surface area contributed by atoms with E-state index >= 15 is 0 Å². The largest absolute Gasteiger partial charge is 0.375 e. The predicted octanol–water partition coefficient (Wildman–Crippen LogP) is 4.37. The second kappa shape index (κ2) is 11.8. The van der Waals surface area contributed by atoms with Gasteiger partial charge in [0.15, 0.2) is 0 Å². The molecule has 1 aromatic rings. The topological polar surface area (TPSA) is 35.6 Å². The number of piperidine rings is 1. The molecular formula is C21H35Cl2N3O. The van der Waals surface area contributed by atoms with Crippen molar-refractivity contribution >= 4 is 36.4 Å². The van der Waals surface area contributed by atoms with Gasteiger partial charge in [0.1, 0.15) is 0 Å². The fourth-order valence-corrected chi connectivity index (χ4v) is 3.51. The molecule has 1 aromatic carbocycles. The van der Waals surface area contributed by atoms with E-state index in [2.05, 4.69) is 36.3 Å². The van der Waals surface area contributed by atoms with Crippen molar-refractivity contribution in [2.75, 3.05) is 38.1 Å². The number of rotatable bonds is 8. The third kappa shape index (κ3) is 7.17. The van der Waals surface area contributed by atoms with Gasteiger partial charge in [-0.3, -0.25) is 4.79 Å². The van der Waals surface area contributed by atoms with Gasteiger partial charge < -0.3 is 15.1 Å². The second-order valence-corrected chi connectivity index (χ2v) is 7.74. The third-order valence-electron chi connectivity index (χ3n) is 5.58. The molecule has 0 aromatic heterocycles. The number of anilines is 1. The highest BCUT2D eigenvalue weighted by atomic mass is 35.5. The Bertz CT molecular complexity index is 555. The van der Waals surface area contributed by atoms with E-state index in [1.165, 1.54) is 37.9 Å². The van der Waals surface area contributed by atoms with E-state index in [0.717, 1.165) is 44.0 Å². The molecule has 0 spiro atoms. The second-order valence-electron chi connectivity index (χ2n) is 7.74. The SMILES string of the molecule is CCCCN(C)c1ccc(C(=O)N2CCC(NCC3CC3)CC2)cc1.Cl.Cl. The third-order valence-corrected chi connectivity index (χ3v) is 5.58. The number of carbonyl (C=O) groups excluding carboxylic acids is 1. The Morgan fingerprint density at radius 3 is 2.30 bits per heavy atom. The summed E-state index contributed by atoms with van der Waals surface area (Å²) in [7, 11) is 2.12. The smallest absolute Gasteiger partial charge is 0.253 e. The molecule has 0 radical (unpaired) electrons. The van der Waals surface area contributed by atoms with Crippen LogP contribution in [0, 0.1) is 5.92 Å². The van der Waals surface area contributed by atoms with Gasteiger partial charge in [-0.25, -0.2) is 0 Å². The molecule has 1 N–H and O–H groups in total. The van der Waals surface area contributed by atoms with Crippen LogP contribution in [0.1, 0.15) is 55.8 Å². The Hall–Kier alpha value is -0.970. The molecule has 1 aliphatic heterocycles. The van der Waals surface area contributed by atoms with E-state index in [9.17, 15) is 4.79 Å². The molecule has 154 valence electrons. The Kier molecular flexibility index (Phi) is 10.5. The van der Waals surface area contributed by atoms with E-state index in [-0.39, 0.29) is 30.7 Å². The molecule has 2 fully saturated rings. The number of hydrogen-bond donors (Lipinski definition) is 1. The first-order valence-corrected chi connectivity index (χ1v) is 10.0. The minimum absolute atomic E-state index is 0. The lowest BCUT2D eigenvalue weighted by molar-refractivity contribution is 0.0705. The number of likely N-dealkylation sites (tertiary alicyclic amines) is 1. The summed E-state index contributed by atoms with van der Waals surface area (Å²) in [5, 5.41) is 3.68. The van der Waals surface area contributed by atoms with Gasteiger partial charge in [0.05, 0.1) is 0 Å². The van der Waals surface area contributed by atoms with Crippen LogP contribution in [0.4, 0.5) is 5.69 Å². The lowest BCUT2D eigenvalue weighted by atomic mass is 10.0. The van der Waals surface area contributed by atoms with E-state index in [0.29, 0.717) is 6.04 Å². The van der Waals surface area contributed by atoms with Crippen LogP contribution in [0.15, 0.2) is 24.3 Å². The summed E-state index contributed by atoms with van der Waals surface area (Å²) >= 11 is 0. The molecule has 3 rings (SSSR count). The monoisotopic (exact) mass is 415 g/mol. The number of nitrogens with zero attached hydrogens (tertiary/aromatic N) is 2. The van der Waals surface area contributed by atoms with Crippen LogP contribution in [-0.4, -0.2) is 50.1 Å². The van der Waals surface area contributed by atoms with Crippen molar-refractivity contribution in [1.82, 2.24) is 10.2 Å². The predicted molar refractivity (Wildman–Crippen MR) is 119 cm³/mol. The molecule has 1 aliphatic carbocycles. The minimum atomic E-state index is 0. The van der Waals surface area contributed by atoms with Crippen molar-refractivity contribution in [3.8, 4) is 0 Å². The standard InChI is InChI=1S/C21H33N3O.2ClH/c1-3-4-13-23(2)20-9-7-18(8-10-20)21(25)24-14-11-19(12-15-24)22-16-17-5-6-17;;/h7-10,17,19,22H,3-6,11-16H2,1-2H3;2*1H. The van der Waals surface area contributed by atoms with Gasteiger partial charge in [0.2, 0.25) is 0 Å². The van der Waals surface area contributed by atoms with Crippen LogP contribution >= 0.6 is 24.8 Å². The molecular weight excluding hydrogens is 381 g/mol. The molecule has 4 nitrogen and oxygen atoms in total. The number of unbranched alkanes of at least 4 members (excludes halogenated alkanes) is 1. The molecule has 1 saturated heterocycles. The van der Waals surface area contributed by atoms with Crippen LogP contribution in [0.3, 0.4) is 0 Å². The summed E-state index contributed by atoms with van der Waals surface area (Å²) in [5.41, 5.74) is 2.00. The van der Waals surface area contributed by atoms with Gasteiger partial charge in [-0.1, -0.05) is 13.3 Å². The Balaban J connectivity index is 0.00000182. The maximum atomic E-state index is 12.7. The lowest BCUT2D eigenvalue weighted by Crippen LogP contribution is -2.45. The van der Waals surface area contributed by atoms with Crippen LogP contribution in [-0.2, 0) is 0 Å². The first-order chi connectivity index (χ1) is 12.2. The molecule has 0 atom stereocenters. The number of carbonyl (C=O) groups is 1. The number of nitrogens with one attached hydrogen (secondary N) is 1. The van der Waals surface area contributed by atoms with Gasteiger partial charge in [-0.2, -0.15) is 0 Å². The van der Waals surface area contributed by atoms with Gasteiger partial charge in [-0.05, 0) is 68.8 Å². The van der Waals surface area contributed by atoms with Crippen molar-refractivity contribution in [3.63, 3.8) is 0 Å². The van der Waals surface area contributed by atoms with Crippen molar-refractivity contribution in [3.05, 3.63) is 29.8 Å². The van der Waals surface area contributed by atoms with Crippen LogP contribution in [0.25, 0.3) is 0 Å². The highest BCUT2D eigenvalue weighted by Gasteiger charge is 2.26. The van der Waals surface area contributed by atoms with Crippen molar-refractivity contribution in [2.24, 2.45) is 5.92 Å². The maximum Gasteiger partial charge on any atom is 0.253 e. The molecule has 2 aliphatic rings. The van der Waals surface area contributed by atoms with Crippen LogP contribution in [0.5, 0.6) is 0 Å². The fourth-order valence-electron chi connectivity index (χ4n) is 3.51. The lowest BCUT2D eigenvalue weighted by Gasteiger charge is -2.32. The minimum Gasteiger partial charge on any atom is -0.375 e. The fraction of sp³-hybridized carbons (Fsp3) is 0.667. The van der Waals surface area contributed by atoms with Gasteiger partial charge in [-0.15, -0.1) is 24.8 Å². The molecule has 6 heteroatoms. The zero-order chi connectivity index (χ0) is 17.6. The Morgan fingerprint density at radius 2 is 1.74 bits per heavy atom. The molecule has 0 bridgehead atoms. The summed E-state index contributed by atoms with van der Waals surface area (Å²) in [6.45, 7) is 6.19. The van der Waals surface area contributed by atoms with Crippen molar-refractivity contribution < 1.29 is 4.79 Å². The first kappa shape index (κ1) is 24.1. The summed E-state index contributed by atoms with van der Waals surface area (Å²) < 4.78 is 0. The van der Waals surface area contributed by atoms with E-state index < -0.39 is 0 Å². The normalized spacial score (nSPS) is 17.0. The van der Waals surface area contributed by atoms with Gasteiger partial charge in [0.25, 0.3) is 5.91 Å². The Morgan fingerprint density at radius 1 is 1.11 bits per heavy atom. The molecule has 1 amide bonds. The zero-order valence-electron chi connectivity index (χ0n) is 16.7. The number of amides is 1. The average molecular weight is 416 g/mol. The first-order valence-electron chi connectivity index (χ1n) is 10.0. The highest BCUT2D eigenvalue weighted by molar-refractivity contribution is 5.94. The number of hydrogen-bond acceptors (Lipinski definition) is 3. The molecule has 0 unspecified atom stereocenters. The summed E-state index contributed by atoms with van der Waals surface area (Å²) in [6, 6.07) is 8.72. The van der Waals surface area contributed by atoms with Crippen LogP contribution < -0.4 is 10.2 Å². The maximum absolute atomic E-state index is 12.7. The number of benzene rings is 1. The van der Waals surface area contributed by atoms with Crippen molar-refractivity contribution in [2.45, 2.75) is 51.5 Å². The average Bonchev–Trinajstić information content (AvgIpc) is 3.49. The van der Waals surface area contributed by atoms with Gasteiger partial charge in [0, 0.05) is 44.0 Å². The van der Waals surface area contributed by atoms with E-state index in [1.807, 2.05) is 17.0 Å². The quantitative estimate of drug-likeness (QED) is 0.684. The summed E-state index contributed by atoms with van der Waals surface area (Å²) in [6.07, 6.45) is 7.35. The van der Waals surface area contributed by atoms with Crippen LogP contribution in [0.2, 0.25) is 0 Å². The summed E-state index contributed by atoms with van der Waals surface area (Å²) in [4.78, 5) is 17.0. The van der Waals surface area contributed by atoms with E-state index in [1.54, 1.807) is 0 Å². The molecule has 1 saturated carbocycles. The van der Waals surface area contributed by atoms with Gasteiger partial charge >= 0.3 is 0 Å². The van der Waals surface area contributed by atoms with E-state index in [4.69, 9.17) is 0 Å². The summed E-state index contributed by atoms with van der Waals surface area (Å²) in [5.74, 6) is 1.11. The molecule has 27 heavy (non-hydrogen) atoms. The molecule has 1 heterocycles.